The standard InChI is InChI=1S/C32H37F2N5/c33-29-15-28(16-30(34)17-29)32(26-3-1-2-4-26,22-38-14-11-36-23-38)27-9-12-37(13-10-27)19-25-20-39(21-25)31-7-5-24(18-35)6-8-31/h5-8,11,14-17,23,25-27H,1-4,9-10,12-13,19-22H2. The Bertz CT molecular complexity index is 1260. The molecule has 204 valence electrons. The second-order valence-corrected chi connectivity index (χ2v) is 11.9. The second-order valence-electron chi connectivity index (χ2n) is 11.9. The molecule has 7 heteroatoms. The first kappa shape index (κ1) is 26.0. The summed E-state index contributed by atoms with van der Waals surface area (Å²) in [5.41, 5.74) is 2.40. The molecule has 3 aromatic rings. The molecule has 0 N–H and O–H groups in total. The molecule has 1 saturated carbocycles. The highest BCUT2D eigenvalue weighted by Gasteiger charge is 2.49. The highest BCUT2D eigenvalue weighted by atomic mass is 19.1. The predicted molar refractivity (Wildman–Crippen MR) is 148 cm³/mol. The molecule has 2 aromatic carbocycles. The van der Waals surface area contributed by atoms with E-state index < -0.39 is 11.6 Å². The lowest BCUT2D eigenvalue weighted by Gasteiger charge is -2.50. The summed E-state index contributed by atoms with van der Waals surface area (Å²) in [5, 5.41) is 9.04. The average molecular weight is 530 g/mol. The summed E-state index contributed by atoms with van der Waals surface area (Å²) >= 11 is 0. The average Bonchev–Trinajstić information content (AvgIpc) is 3.64. The van der Waals surface area contributed by atoms with Gasteiger partial charge in [0.05, 0.1) is 18.0 Å². The van der Waals surface area contributed by atoms with Crippen LogP contribution in [-0.4, -0.2) is 47.2 Å². The molecule has 3 aliphatic rings. The van der Waals surface area contributed by atoms with Crippen LogP contribution in [0.4, 0.5) is 14.5 Å². The molecule has 0 amide bonds. The maximum absolute atomic E-state index is 14.6. The van der Waals surface area contributed by atoms with E-state index in [0.717, 1.165) is 70.0 Å². The number of likely N-dealkylation sites (tertiary alicyclic amines) is 1. The Morgan fingerprint density at radius 3 is 2.21 bits per heavy atom. The Kier molecular flexibility index (Phi) is 7.40. The van der Waals surface area contributed by atoms with Gasteiger partial charge >= 0.3 is 0 Å². The highest BCUT2D eigenvalue weighted by Crippen LogP contribution is 2.51. The van der Waals surface area contributed by atoms with Gasteiger partial charge in [0.1, 0.15) is 11.6 Å². The van der Waals surface area contributed by atoms with Crippen LogP contribution in [0.5, 0.6) is 0 Å². The van der Waals surface area contributed by atoms with Gasteiger partial charge in [-0.15, -0.1) is 0 Å². The fourth-order valence-electron chi connectivity index (χ4n) is 7.74. The van der Waals surface area contributed by atoms with Gasteiger partial charge in [-0.3, -0.25) is 0 Å². The molecular formula is C32H37F2N5. The summed E-state index contributed by atoms with van der Waals surface area (Å²) in [7, 11) is 0. The number of piperidine rings is 1. The van der Waals surface area contributed by atoms with Crippen molar-refractivity contribution in [2.45, 2.75) is 50.5 Å². The highest BCUT2D eigenvalue weighted by molar-refractivity contribution is 5.51. The largest absolute Gasteiger partial charge is 0.371 e. The third-order valence-electron chi connectivity index (χ3n) is 9.64. The molecular weight excluding hydrogens is 492 g/mol. The van der Waals surface area contributed by atoms with E-state index in [9.17, 15) is 8.78 Å². The van der Waals surface area contributed by atoms with Gasteiger partial charge in [-0.25, -0.2) is 13.8 Å². The third kappa shape index (κ3) is 5.32. The Morgan fingerprint density at radius 2 is 1.59 bits per heavy atom. The summed E-state index contributed by atoms with van der Waals surface area (Å²) in [6.45, 7) is 5.93. The molecule has 0 radical (unpaired) electrons. The van der Waals surface area contributed by atoms with Crippen molar-refractivity contribution in [3.63, 3.8) is 0 Å². The van der Waals surface area contributed by atoms with Crippen molar-refractivity contribution in [2.75, 3.05) is 37.6 Å². The summed E-state index contributed by atoms with van der Waals surface area (Å²) < 4.78 is 31.4. The van der Waals surface area contributed by atoms with E-state index in [0.29, 0.717) is 29.9 Å². The normalized spacial score (nSPS) is 21.0. The molecule has 5 nitrogen and oxygen atoms in total. The van der Waals surface area contributed by atoms with Crippen LogP contribution in [-0.2, 0) is 12.0 Å². The summed E-state index contributed by atoms with van der Waals surface area (Å²) in [6.07, 6.45) is 12.3. The molecule has 39 heavy (non-hydrogen) atoms. The number of imidazole rings is 1. The van der Waals surface area contributed by atoms with Crippen molar-refractivity contribution < 1.29 is 8.78 Å². The molecule has 3 heterocycles. The molecule has 6 rings (SSSR count). The number of rotatable bonds is 8. The van der Waals surface area contributed by atoms with Gasteiger partial charge in [0, 0.05) is 61.7 Å². The molecule has 1 atom stereocenters. The molecule has 1 aromatic heterocycles. The van der Waals surface area contributed by atoms with Gasteiger partial charge in [0.25, 0.3) is 0 Å². The Morgan fingerprint density at radius 1 is 0.923 bits per heavy atom. The van der Waals surface area contributed by atoms with Gasteiger partial charge in [-0.2, -0.15) is 5.26 Å². The van der Waals surface area contributed by atoms with Crippen LogP contribution in [0.3, 0.4) is 0 Å². The molecule has 1 aliphatic carbocycles. The van der Waals surface area contributed by atoms with Gasteiger partial charge < -0.3 is 14.4 Å². The van der Waals surface area contributed by atoms with E-state index in [4.69, 9.17) is 5.26 Å². The smallest absolute Gasteiger partial charge is 0.126 e. The van der Waals surface area contributed by atoms with Gasteiger partial charge in [0.15, 0.2) is 0 Å². The SMILES string of the molecule is N#Cc1ccc(N2CC(CN3CCC(C(Cn4ccnc4)(c4cc(F)cc(F)c4)C4CCCC4)CC3)C2)cc1. The topological polar surface area (TPSA) is 48.1 Å². The van der Waals surface area contributed by atoms with Crippen LogP contribution in [0.2, 0.25) is 0 Å². The zero-order valence-electron chi connectivity index (χ0n) is 22.5. The van der Waals surface area contributed by atoms with Crippen molar-refractivity contribution in [3.05, 3.63) is 83.9 Å². The van der Waals surface area contributed by atoms with Crippen molar-refractivity contribution in [2.24, 2.45) is 17.8 Å². The van der Waals surface area contributed by atoms with Crippen molar-refractivity contribution in [1.29, 1.82) is 5.26 Å². The van der Waals surface area contributed by atoms with E-state index >= 15 is 0 Å². The van der Waals surface area contributed by atoms with Crippen LogP contribution < -0.4 is 4.90 Å². The van der Waals surface area contributed by atoms with Crippen LogP contribution in [0.25, 0.3) is 0 Å². The Hall–Kier alpha value is -3.24. The number of nitriles is 1. The van der Waals surface area contributed by atoms with Crippen molar-refractivity contribution in [1.82, 2.24) is 14.5 Å². The number of benzene rings is 2. The minimum atomic E-state index is -0.479. The Balaban J connectivity index is 1.16. The lowest BCUT2D eigenvalue weighted by molar-refractivity contribution is 0.0642. The van der Waals surface area contributed by atoms with Crippen molar-refractivity contribution >= 4 is 5.69 Å². The van der Waals surface area contributed by atoms with E-state index in [1.807, 2.05) is 36.8 Å². The Labute approximate surface area is 230 Å². The van der Waals surface area contributed by atoms with Gasteiger partial charge in [-0.1, -0.05) is 12.8 Å². The van der Waals surface area contributed by atoms with Crippen LogP contribution in [0.1, 0.15) is 49.7 Å². The van der Waals surface area contributed by atoms with Crippen LogP contribution in [0.15, 0.2) is 61.2 Å². The lowest BCUT2D eigenvalue weighted by Crippen LogP contribution is -2.54. The van der Waals surface area contributed by atoms with Crippen LogP contribution in [0, 0.1) is 40.7 Å². The molecule has 2 aliphatic heterocycles. The van der Waals surface area contributed by atoms with Gasteiger partial charge in [-0.05, 0) is 92.6 Å². The number of anilines is 1. The number of halogens is 2. The monoisotopic (exact) mass is 529 g/mol. The summed E-state index contributed by atoms with van der Waals surface area (Å²) in [6, 6.07) is 14.3. The minimum absolute atomic E-state index is 0.310. The third-order valence-corrected chi connectivity index (χ3v) is 9.64. The molecule has 1 unspecified atom stereocenters. The maximum Gasteiger partial charge on any atom is 0.126 e. The lowest BCUT2D eigenvalue weighted by atomic mass is 9.59. The molecule has 2 saturated heterocycles. The summed E-state index contributed by atoms with van der Waals surface area (Å²) in [5.74, 6) is 0.446. The first-order valence-electron chi connectivity index (χ1n) is 14.4. The maximum atomic E-state index is 14.6. The quantitative estimate of drug-likeness (QED) is 0.359. The zero-order valence-corrected chi connectivity index (χ0v) is 22.5. The fourth-order valence-corrected chi connectivity index (χ4v) is 7.74. The second kappa shape index (κ2) is 11.1. The number of hydrogen-bond donors (Lipinski definition) is 0. The number of hydrogen-bond acceptors (Lipinski definition) is 4. The molecule has 0 spiro atoms. The minimum Gasteiger partial charge on any atom is -0.371 e. The predicted octanol–water partition coefficient (Wildman–Crippen LogP) is 6.01. The van der Waals surface area contributed by atoms with Crippen molar-refractivity contribution in [3.8, 4) is 6.07 Å². The van der Waals surface area contributed by atoms with E-state index in [1.165, 1.54) is 18.5 Å². The van der Waals surface area contributed by atoms with Gasteiger partial charge in [0.2, 0.25) is 0 Å². The fraction of sp³-hybridized carbons (Fsp3) is 0.500. The number of nitrogens with zero attached hydrogens (tertiary/aromatic N) is 5. The first-order chi connectivity index (χ1) is 19.0. The van der Waals surface area contributed by atoms with E-state index in [-0.39, 0.29) is 5.41 Å². The van der Waals surface area contributed by atoms with E-state index in [1.54, 1.807) is 18.3 Å². The zero-order chi connectivity index (χ0) is 26.8. The first-order valence-corrected chi connectivity index (χ1v) is 14.4. The van der Waals surface area contributed by atoms with Crippen LogP contribution >= 0.6 is 0 Å². The summed E-state index contributed by atoms with van der Waals surface area (Å²) in [4.78, 5) is 9.27. The molecule has 3 fully saturated rings. The number of aromatic nitrogens is 2. The van der Waals surface area contributed by atoms with E-state index in [2.05, 4.69) is 25.4 Å². The molecule has 0 bridgehead atoms.